The van der Waals surface area contributed by atoms with E-state index in [1.54, 1.807) is 18.2 Å². The largest absolute Gasteiger partial charge is 0.434 e. The van der Waals surface area contributed by atoms with Crippen LogP contribution in [0.5, 0.6) is 5.75 Å². The zero-order valence-corrected chi connectivity index (χ0v) is 12.3. The molecule has 1 fully saturated rings. The lowest BCUT2D eigenvalue weighted by molar-refractivity contribution is -0.121. The number of thioether (sulfide) groups is 1. The fourth-order valence-corrected chi connectivity index (χ4v) is 3.05. The maximum Gasteiger partial charge on any atom is 0.387 e. The molecule has 0 aromatic heterocycles. The van der Waals surface area contributed by atoms with Gasteiger partial charge in [-0.3, -0.25) is 4.79 Å². The van der Waals surface area contributed by atoms with Crippen molar-refractivity contribution in [1.82, 2.24) is 10.6 Å². The van der Waals surface area contributed by atoms with Crippen LogP contribution in [0.25, 0.3) is 0 Å². The molecular weight excluding hydrogens is 298 g/mol. The van der Waals surface area contributed by atoms with Crippen molar-refractivity contribution in [2.75, 3.05) is 18.1 Å². The second-order valence-electron chi connectivity index (χ2n) is 4.69. The Balaban J connectivity index is 1.83. The molecule has 21 heavy (non-hydrogen) atoms. The number of benzene rings is 1. The lowest BCUT2D eigenvalue weighted by Gasteiger charge is -2.22. The predicted molar refractivity (Wildman–Crippen MR) is 78.7 cm³/mol. The van der Waals surface area contributed by atoms with Crippen LogP contribution in [-0.4, -0.2) is 36.6 Å². The van der Waals surface area contributed by atoms with Crippen LogP contribution in [0.2, 0.25) is 0 Å². The highest BCUT2D eigenvalue weighted by atomic mass is 32.2. The van der Waals surface area contributed by atoms with Gasteiger partial charge in [0.05, 0.1) is 0 Å². The monoisotopic (exact) mass is 316 g/mol. The second-order valence-corrected chi connectivity index (χ2v) is 5.84. The van der Waals surface area contributed by atoms with Crippen LogP contribution in [-0.2, 0) is 11.3 Å². The molecule has 0 spiro atoms. The van der Waals surface area contributed by atoms with E-state index in [1.165, 1.54) is 6.07 Å². The minimum Gasteiger partial charge on any atom is -0.434 e. The number of ether oxygens (including phenoxy) is 1. The Bertz CT molecular complexity index is 468. The number of halogens is 2. The molecule has 1 aromatic carbocycles. The smallest absolute Gasteiger partial charge is 0.387 e. The van der Waals surface area contributed by atoms with Gasteiger partial charge in [0.1, 0.15) is 5.75 Å². The zero-order chi connectivity index (χ0) is 15.1. The van der Waals surface area contributed by atoms with Crippen LogP contribution in [0.4, 0.5) is 8.78 Å². The third kappa shape index (κ3) is 5.51. The molecule has 0 aliphatic carbocycles. The summed E-state index contributed by atoms with van der Waals surface area (Å²) in [6.07, 6.45) is 0.394. The van der Waals surface area contributed by atoms with Gasteiger partial charge in [-0.1, -0.05) is 18.2 Å². The molecule has 7 heteroatoms. The van der Waals surface area contributed by atoms with Crippen molar-refractivity contribution in [3.8, 4) is 5.75 Å². The molecule has 0 bridgehead atoms. The van der Waals surface area contributed by atoms with Crippen molar-refractivity contribution in [3.63, 3.8) is 0 Å². The normalized spacial score (nSPS) is 18.5. The van der Waals surface area contributed by atoms with Gasteiger partial charge in [0.2, 0.25) is 5.91 Å². The van der Waals surface area contributed by atoms with Gasteiger partial charge >= 0.3 is 6.61 Å². The van der Waals surface area contributed by atoms with Crippen LogP contribution in [0.3, 0.4) is 0 Å². The van der Waals surface area contributed by atoms with Crippen LogP contribution in [0, 0.1) is 0 Å². The fraction of sp³-hybridized carbons (Fsp3) is 0.500. The minimum atomic E-state index is -2.87. The summed E-state index contributed by atoms with van der Waals surface area (Å²) in [5.74, 6) is 1.98. The SMILES string of the molecule is O=C(CC1CSCCN1)NCc1ccccc1OC(F)F. The minimum absolute atomic E-state index is 0.0955. The Labute approximate surface area is 126 Å². The van der Waals surface area contributed by atoms with E-state index in [0.29, 0.717) is 12.0 Å². The van der Waals surface area contributed by atoms with Gasteiger partial charge in [0.25, 0.3) is 0 Å². The van der Waals surface area contributed by atoms with Crippen molar-refractivity contribution in [3.05, 3.63) is 29.8 Å². The third-order valence-electron chi connectivity index (χ3n) is 3.09. The van der Waals surface area contributed by atoms with Crippen LogP contribution < -0.4 is 15.4 Å². The molecule has 1 aliphatic heterocycles. The number of rotatable bonds is 6. The molecule has 0 saturated carbocycles. The van der Waals surface area contributed by atoms with E-state index < -0.39 is 6.61 Å². The molecule has 1 amide bonds. The van der Waals surface area contributed by atoms with Crippen molar-refractivity contribution in [2.45, 2.75) is 25.6 Å². The fourth-order valence-electron chi connectivity index (χ4n) is 2.10. The Morgan fingerprint density at radius 3 is 3.00 bits per heavy atom. The highest BCUT2D eigenvalue weighted by Crippen LogP contribution is 2.20. The number of alkyl halides is 2. The summed E-state index contributed by atoms with van der Waals surface area (Å²) in [5, 5.41) is 6.03. The molecular formula is C14H18F2N2O2S. The highest BCUT2D eigenvalue weighted by molar-refractivity contribution is 7.99. The van der Waals surface area contributed by atoms with Crippen molar-refractivity contribution in [1.29, 1.82) is 0 Å². The van der Waals surface area contributed by atoms with Crippen LogP contribution in [0.15, 0.2) is 24.3 Å². The lowest BCUT2D eigenvalue weighted by atomic mass is 10.2. The molecule has 1 unspecified atom stereocenters. The Morgan fingerprint density at radius 2 is 2.29 bits per heavy atom. The number of hydrogen-bond acceptors (Lipinski definition) is 4. The van der Waals surface area contributed by atoms with Crippen molar-refractivity contribution in [2.24, 2.45) is 0 Å². The van der Waals surface area contributed by atoms with E-state index in [-0.39, 0.29) is 24.2 Å². The molecule has 1 aliphatic rings. The Morgan fingerprint density at radius 1 is 1.48 bits per heavy atom. The maximum atomic E-state index is 12.3. The number of carbonyl (C=O) groups excluding carboxylic acids is 1. The first-order valence-electron chi connectivity index (χ1n) is 6.75. The number of nitrogens with one attached hydrogen (secondary N) is 2. The summed E-state index contributed by atoms with van der Waals surface area (Å²) >= 11 is 1.82. The summed E-state index contributed by atoms with van der Waals surface area (Å²) in [7, 11) is 0. The quantitative estimate of drug-likeness (QED) is 0.843. The van der Waals surface area contributed by atoms with Crippen molar-refractivity contribution < 1.29 is 18.3 Å². The average Bonchev–Trinajstić information content (AvgIpc) is 2.47. The number of amides is 1. The van der Waals surface area contributed by atoms with Crippen molar-refractivity contribution >= 4 is 17.7 Å². The standard InChI is InChI=1S/C14H18F2N2O2S/c15-14(16)20-12-4-2-1-3-10(12)8-18-13(19)7-11-9-21-6-5-17-11/h1-4,11,14,17H,5-9H2,(H,18,19). The molecule has 116 valence electrons. The average molecular weight is 316 g/mol. The maximum absolute atomic E-state index is 12.3. The van der Waals surface area contributed by atoms with E-state index in [0.717, 1.165) is 18.1 Å². The zero-order valence-electron chi connectivity index (χ0n) is 11.5. The van der Waals surface area contributed by atoms with E-state index in [1.807, 2.05) is 11.8 Å². The van der Waals surface area contributed by atoms with Gasteiger partial charge in [-0.05, 0) is 6.07 Å². The summed E-state index contributed by atoms with van der Waals surface area (Å²) in [6, 6.07) is 6.64. The van der Waals surface area contributed by atoms with Crippen LogP contribution in [0.1, 0.15) is 12.0 Å². The molecule has 2 N–H and O–H groups in total. The van der Waals surface area contributed by atoms with Gasteiger partial charge in [-0.2, -0.15) is 20.5 Å². The number of para-hydroxylation sites is 1. The molecule has 4 nitrogen and oxygen atoms in total. The molecule has 2 rings (SSSR count). The number of carbonyl (C=O) groups is 1. The second kappa shape index (κ2) is 8.19. The molecule has 0 radical (unpaired) electrons. The summed E-state index contributed by atoms with van der Waals surface area (Å²) in [5.41, 5.74) is 0.539. The van der Waals surface area contributed by atoms with Gasteiger partial charge in [-0.15, -0.1) is 0 Å². The molecule has 1 atom stereocenters. The first kappa shape index (κ1) is 16.0. The highest BCUT2D eigenvalue weighted by Gasteiger charge is 2.17. The first-order valence-corrected chi connectivity index (χ1v) is 7.91. The van der Waals surface area contributed by atoms with Gasteiger partial charge in [-0.25, -0.2) is 0 Å². The summed E-state index contributed by atoms with van der Waals surface area (Å²) in [4.78, 5) is 11.9. The summed E-state index contributed by atoms with van der Waals surface area (Å²) < 4.78 is 29.0. The van der Waals surface area contributed by atoms with E-state index in [4.69, 9.17) is 0 Å². The summed E-state index contributed by atoms with van der Waals surface area (Å²) in [6.45, 7) is -1.78. The number of hydrogen-bond donors (Lipinski definition) is 2. The molecule has 1 saturated heterocycles. The van der Waals surface area contributed by atoms with Crippen LogP contribution >= 0.6 is 11.8 Å². The first-order chi connectivity index (χ1) is 10.1. The Hall–Kier alpha value is -1.34. The topological polar surface area (TPSA) is 50.4 Å². The Kier molecular flexibility index (Phi) is 6.25. The van der Waals surface area contributed by atoms with E-state index in [2.05, 4.69) is 15.4 Å². The molecule has 1 heterocycles. The van der Waals surface area contributed by atoms with E-state index >= 15 is 0 Å². The lowest BCUT2D eigenvalue weighted by Crippen LogP contribution is -2.41. The predicted octanol–water partition coefficient (Wildman–Crippen LogP) is 2.00. The molecule has 1 aromatic rings. The van der Waals surface area contributed by atoms with Gasteiger partial charge in [0.15, 0.2) is 0 Å². The third-order valence-corrected chi connectivity index (χ3v) is 4.23. The van der Waals surface area contributed by atoms with Gasteiger partial charge in [0, 0.05) is 42.6 Å². The van der Waals surface area contributed by atoms with Gasteiger partial charge < -0.3 is 15.4 Å². The van der Waals surface area contributed by atoms with E-state index in [9.17, 15) is 13.6 Å².